The molecule has 136 valence electrons. The van der Waals surface area contributed by atoms with E-state index in [1.165, 1.54) is 11.8 Å². The molecule has 4 aromatic rings. The minimum atomic E-state index is 0.460. The summed E-state index contributed by atoms with van der Waals surface area (Å²) in [7, 11) is 1.63. The Morgan fingerprint density at radius 3 is 2.93 bits per heavy atom. The van der Waals surface area contributed by atoms with Gasteiger partial charge in [-0.25, -0.2) is 0 Å². The van der Waals surface area contributed by atoms with E-state index in [0.29, 0.717) is 27.6 Å². The summed E-state index contributed by atoms with van der Waals surface area (Å²) in [6.45, 7) is 0. The van der Waals surface area contributed by atoms with E-state index in [0.717, 1.165) is 17.0 Å². The Kier molecular flexibility index (Phi) is 5.08. The van der Waals surface area contributed by atoms with Crippen LogP contribution in [-0.4, -0.2) is 32.0 Å². The molecule has 0 fully saturated rings. The SMILES string of the molecule is COc1ccccc1-n1cnnc1SCc1nc(-c2cccc(Cl)c2)no1. The average Bonchev–Trinajstić information content (AvgIpc) is 3.35. The second-order valence-electron chi connectivity index (χ2n) is 5.47. The molecule has 9 heteroatoms. The molecule has 0 aliphatic rings. The molecule has 2 aromatic heterocycles. The van der Waals surface area contributed by atoms with Crippen molar-refractivity contribution < 1.29 is 9.26 Å². The van der Waals surface area contributed by atoms with Crippen LogP contribution in [0, 0.1) is 0 Å². The highest BCUT2D eigenvalue weighted by molar-refractivity contribution is 7.98. The van der Waals surface area contributed by atoms with Crippen molar-refractivity contribution in [1.82, 2.24) is 24.9 Å². The first-order valence-electron chi connectivity index (χ1n) is 7.99. The molecule has 0 saturated carbocycles. The molecule has 0 atom stereocenters. The number of hydrogen-bond acceptors (Lipinski definition) is 7. The first kappa shape index (κ1) is 17.6. The van der Waals surface area contributed by atoms with Crippen molar-refractivity contribution in [3.8, 4) is 22.8 Å². The Labute approximate surface area is 164 Å². The lowest BCUT2D eigenvalue weighted by atomic mass is 10.2. The topological polar surface area (TPSA) is 78.9 Å². The quantitative estimate of drug-likeness (QED) is 0.448. The van der Waals surface area contributed by atoms with Crippen molar-refractivity contribution in [2.45, 2.75) is 10.9 Å². The smallest absolute Gasteiger partial charge is 0.237 e. The van der Waals surface area contributed by atoms with Crippen molar-refractivity contribution in [2.24, 2.45) is 0 Å². The molecule has 0 aliphatic carbocycles. The molecule has 2 aromatic carbocycles. The fraction of sp³-hybridized carbons (Fsp3) is 0.111. The van der Waals surface area contributed by atoms with Crippen LogP contribution in [0.4, 0.5) is 0 Å². The lowest BCUT2D eigenvalue weighted by Gasteiger charge is -2.10. The molecule has 27 heavy (non-hydrogen) atoms. The summed E-state index contributed by atoms with van der Waals surface area (Å²) in [6.07, 6.45) is 1.64. The molecular weight excluding hydrogens is 386 g/mol. The highest BCUT2D eigenvalue weighted by Crippen LogP contribution is 2.28. The van der Waals surface area contributed by atoms with Crippen LogP contribution in [0.1, 0.15) is 5.89 Å². The predicted octanol–water partition coefficient (Wildman–Crippen LogP) is 4.27. The Hall–Kier alpha value is -2.84. The summed E-state index contributed by atoms with van der Waals surface area (Å²) in [5, 5.41) is 13.5. The molecule has 0 radical (unpaired) electrons. The zero-order valence-electron chi connectivity index (χ0n) is 14.2. The summed E-state index contributed by atoms with van der Waals surface area (Å²) in [5.41, 5.74) is 1.66. The van der Waals surface area contributed by atoms with Gasteiger partial charge in [-0.2, -0.15) is 4.98 Å². The van der Waals surface area contributed by atoms with Crippen LogP contribution in [0.2, 0.25) is 5.02 Å². The fourth-order valence-corrected chi connectivity index (χ4v) is 3.45. The van der Waals surface area contributed by atoms with Gasteiger partial charge < -0.3 is 9.26 Å². The minimum Gasteiger partial charge on any atom is -0.495 e. The molecule has 0 saturated heterocycles. The molecule has 0 aliphatic heterocycles. The van der Waals surface area contributed by atoms with Crippen LogP contribution in [0.5, 0.6) is 5.75 Å². The maximum absolute atomic E-state index is 6.01. The third kappa shape index (κ3) is 3.81. The summed E-state index contributed by atoms with van der Waals surface area (Å²) >= 11 is 7.46. The number of halogens is 1. The number of methoxy groups -OCH3 is 1. The van der Waals surface area contributed by atoms with Crippen LogP contribution in [0.25, 0.3) is 17.1 Å². The monoisotopic (exact) mass is 399 g/mol. The Balaban J connectivity index is 1.52. The zero-order valence-corrected chi connectivity index (χ0v) is 15.8. The van der Waals surface area contributed by atoms with E-state index in [1.54, 1.807) is 25.6 Å². The maximum Gasteiger partial charge on any atom is 0.237 e. The minimum absolute atomic E-state index is 0.460. The van der Waals surface area contributed by atoms with Gasteiger partial charge in [0.25, 0.3) is 0 Å². The highest BCUT2D eigenvalue weighted by atomic mass is 35.5. The average molecular weight is 400 g/mol. The number of thioether (sulfide) groups is 1. The van der Waals surface area contributed by atoms with Gasteiger partial charge in [0.1, 0.15) is 12.1 Å². The van der Waals surface area contributed by atoms with Gasteiger partial charge in [0.15, 0.2) is 5.16 Å². The molecule has 0 unspecified atom stereocenters. The number of rotatable bonds is 6. The maximum atomic E-state index is 6.01. The van der Waals surface area contributed by atoms with Crippen LogP contribution in [0.3, 0.4) is 0 Å². The van der Waals surface area contributed by atoms with E-state index in [2.05, 4.69) is 20.3 Å². The molecule has 0 N–H and O–H groups in total. The van der Waals surface area contributed by atoms with Gasteiger partial charge in [-0.05, 0) is 24.3 Å². The lowest BCUT2D eigenvalue weighted by molar-refractivity contribution is 0.391. The first-order valence-corrected chi connectivity index (χ1v) is 9.35. The largest absolute Gasteiger partial charge is 0.495 e. The van der Waals surface area contributed by atoms with Crippen LogP contribution in [-0.2, 0) is 5.75 Å². The van der Waals surface area contributed by atoms with Crippen molar-refractivity contribution in [3.05, 3.63) is 65.8 Å². The van der Waals surface area contributed by atoms with Crippen molar-refractivity contribution >= 4 is 23.4 Å². The predicted molar refractivity (Wildman–Crippen MR) is 102 cm³/mol. The normalized spacial score (nSPS) is 10.9. The van der Waals surface area contributed by atoms with Gasteiger partial charge in [-0.3, -0.25) is 4.57 Å². The molecule has 4 rings (SSSR count). The second kappa shape index (κ2) is 7.81. The number of para-hydroxylation sites is 2. The van der Waals surface area contributed by atoms with E-state index in [1.807, 2.05) is 41.0 Å². The van der Waals surface area contributed by atoms with Crippen molar-refractivity contribution in [1.29, 1.82) is 0 Å². The van der Waals surface area contributed by atoms with Gasteiger partial charge in [0.05, 0.1) is 18.6 Å². The van der Waals surface area contributed by atoms with E-state index >= 15 is 0 Å². The number of aromatic nitrogens is 5. The van der Waals surface area contributed by atoms with Crippen molar-refractivity contribution in [2.75, 3.05) is 7.11 Å². The van der Waals surface area contributed by atoms with Gasteiger partial charge in [-0.1, -0.05) is 52.8 Å². The van der Waals surface area contributed by atoms with E-state index in [-0.39, 0.29) is 0 Å². The van der Waals surface area contributed by atoms with Crippen LogP contribution in [0.15, 0.2) is 64.5 Å². The van der Waals surface area contributed by atoms with Gasteiger partial charge in [0.2, 0.25) is 11.7 Å². The molecular formula is C18H14ClN5O2S. The van der Waals surface area contributed by atoms with Gasteiger partial charge >= 0.3 is 0 Å². The second-order valence-corrected chi connectivity index (χ2v) is 6.85. The van der Waals surface area contributed by atoms with E-state index in [4.69, 9.17) is 20.9 Å². The molecule has 0 bridgehead atoms. The zero-order chi connectivity index (χ0) is 18.6. The number of ether oxygens (including phenoxy) is 1. The summed E-state index contributed by atoms with van der Waals surface area (Å²) < 4.78 is 12.6. The summed E-state index contributed by atoms with van der Waals surface area (Å²) in [5.74, 6) is 2.19. The molecule has 2 heterocycles. The lowest BCUT2D eigenvalue weighted by Crippen LogP contribution is -1.98. The standard InChI is InChI=1S/C18H14ClN5O2S/c1-25-15-8-3-2-7-14(15)24-11-20-22-18(24)27-10-16-21-17(23-26-16)12-5-4-6-13(19)9-12/h2-9,11H,10H2,1H3. The third-order valence-corrected chi connectivity index (χ3v) is 4.90. The fourth-order valence-electron chi connectivity index (χ4n) is 2.50. The van der Waals surface area contributed by atoms with E-state index in [9.17, 15) is 0 Å². The van der Waals surface area contributed by atoms with Gasteiger partial charge in [-0.15, -0.1) is 10.2 Å². The van der Waals surface area contributed by atoms with Crippen LogP contribution >= 0.6 is 23.4 Å². The third-order valence-electron chi connectivity index (χ3n) is 3.74. The Morgan fingerprint density at radius 1 is 1.19 bits per heavy atom. The van der Waals surface area contributed by atoms with E-state index < -0.39 is 0 Å². The number of nitrogens with zero attached hydrogens (tertiary/aromatic N) is 5. The van der Waals surface area contributed by atoms with Gasteiger partial charge in [0, 0.05) is 10.6 Å². The summed E-state index contributed by atoms with van der Waals surface area (Å²) in [4.78, 5) is 4.42. The number of hydrogen-bond donors (Lipinski definition) is 0. The Bertz CT molecular complexity index is 1070. The summed E-state index contributed by atoms with van der Waals surface area (Å²) in [6, 6.07) is 15.0. The molecule has 7 nitrogen and oxygen atoms in total. The number of benzene rings is 2. The highest BCUT2D eigenvalue weighted by Gasteiger charge is 2.14. The molecule has 0 spiro atoms. The van der Waals surface area contributed by atoms with Crippen molar-refractivity contribution in [3.63, 3.8) is 0 Å². The molecule has 0 amide bonds. The van der Waals surface area contributed by atoms with Crippen LogP contribution < -0.4 is 4.74 Å². The Morgan fingerprint density at radius 2 is 2.07 bits per heavy atom. The first-order chi connectivity index (χ1) is 13.2.